The van der Waals surface area contributed by atoms with Gasteiger partial charge in [-0.15, -0.1) is 0 Å². The fourth-order valence-electron chi connectivity index (χ4n) is 1.43. The number of carbonyl (C=O) groups excluding carboxylic acids is 2. The third kappa shape index (κ3) is 5.85. The molecule has 1 rings (SSSR count). The van der Waals surface area contributed by atoms with Crippen LogP contribution < -0.4 is 11.1 Å². The number of primary amides is 1. The van der Waals surface area contributed by atoms with E-state index in [0.717, 1.165) is 10.0 Å². The summed E-state index contributed by atoms with van der Waals surface area (Å²) >= 11 is 3.32. The molecule has 6 nitrogen and oxygen atoms in total. The first-order valence-electron chi connectivity index (χ1n) is 5.88. The molecular weight excluding hydrogens is 326 g/mol. The lowest BCUT2D eigenvalue weighted by Crippen LogP contribution is -2.44. The number of hydrogen-bond acceptors (Lipinski definition) is 3. The number of carbonyl (C=O) groups is 2. The normalized spacial score (nSPS) is 12.2. The molecule has 1 aromatic carbocycles. The van der Waals surface area contributed by atoms with Crippen LogP contribution in [0.5, 0.6) is 0 Å². The van der Waals surface area contributed by atoms with Gasteiger partial charge in [-0.1, -0.05) is 28.1 Å². The van der Waals surface area contributed by atoms with Gasteiger partial charge >= 0.3 is 6.03 Å². The van der Waals surface area contributed by atoms with Crippen LogP contribution in [-0.4, -0.2) is 34.8 Å². The minimum atomic E-state index is -0.962. The highest BCUT2D eigenvalue weighted by Gasteiger charge is 2.12. The Morgan fingerprint density at radius 3 is 2.60 bits per heavy atom. The predicted octanol–water partition coefficient (Wildman–Crippen LogP) is 1.74. The zero-order valence-corrected chi connectivity index (χ0v) is 12.5. The van der Waals surface area contributed by atoms with Crippen molar-refractivity contribution in [2.24, 2.45) is 5.73 Å². The SMILES string of the molecule is C[C@H](CN(O)C(N)=O)NC(=O)C=Cc1ccc(Br)cc1. The molecule has 0 bridgehead atoms. The van der Waals surface area contributed by atoms with Crippen molar-refractivity contribution in [1.29, 1.82) is 0 Å². The Labute approximate surface area is 125 Å². The van der Waals surface area contributed by atoms with Crippen LogP contribution in [0.15, 0.2) is 34.8 Å². The summed E-state index contributed by atoms with van der Waals surface area (Å²) in [5.41, 5.74) is 5.75. The van der Waals surface area contributed by atoms with Gasteiger partial charge in [0.25, 0.3) is 0 Å². The third-order valence-corrected chi connectivity index (χ3v) is 2.92. The first kappa shape index (κ1) is 16.2. The Morgan fingerprint density at radius 1 is 1.45 bits per heavy atom. The van der Waals surface area contributed by atoms with E-state index in [-0.39, 0.29) is 12.5 Å². The molecule has 0 saturated carbocycles. The highest BCUT2D eigenvalue weighted by molar-refractivity contribution is 9.10. The molecule has 1 aromatic rings. The predicted molar refractivity (Wildman–Crippen MR) is 78.9 cm³/mol. The molecule has 108 valence electrons. The highest BCUT2D eigenvalue weighted by atomic mass is 79.9. The van der Waals surface area contributed by atoms with Gasteiger partial charge in [-0.2, -0.15) is 0 Å². The molecule has 20 heavy (non-hydrogen) atoms. The number of amides is 3. The average Bonchev–Trinajstić information content (AvgIpc) is 2.37. The van der Waals surface area contributed by atoms with Gasteiger partial charge in [-0.3, -0.25) is 10.0 Å². The van der Waals surface area contributed by atoms with Crippen LogP contribution in [-0.2, 0) is 4.79 Å². The summed E-state index contributed by atoms with van der Waals surface area (Å²) in [5, 5.41) is 12.1. The standard InChI is InChI=1S/C13H16BrN3O3/c1-9(8-17(20)13(15)19)16-12(18)7-4-10-2-5-11(14)6-3-10/h2-7,9,20H,8H2,1H3,(H2,15,19)(H,16,18)/t9-/m1/s1. The van der Waals surface area contributed by atoms with Gasteiger partial charge in [-0.05, 0) is 30.7 Å². The van der Waals surface area contributed by atoms with E-state index in [1.54, 1.807) is 13.0 Å². The van der Waals surface area contributed by atoms with Gasteiger partial charge in [-0.25, -0.2) is 9.86 Å². The number of nitrogens with two attached hydrogens (primary N) is 1. The molecule has 0 aromatic heterocycles. The molecule has 0 aliphatic rings. The molecule has 0 saturated heterocycles. The lowest BCUT2D eigenvalue weighted by molar-refractivity contribution is -0.117. The molecule has 0 spiro atoms. The molecule has 0 unspecified atom stereocenters. The summed E-state index contributed by atoms with van der Waals surface area (Å²) in [5.74, 6) is -0.321. The molecule has 0 radical (unpaired) electrons. The first-order valence-corrected chi connectivity index (χ1v) is 6.68. The fraction of sp³-hybridized carbons (Fsp3) is 0.231. The minimum absolute atomic E-state index is 0.0762. The van der Waals surface area contributed by atoms with Gasteiger partial charge in [0.15, 0.2) is 0 Å². The van der Waals surface area contributed by atoms with E-state index in [0.29, 0.717) is 5.06 Å². The summed E-state index contributed by atoms with van der Waals surface area (Å²) in [6, 6.07) is 6.08. The molecule has 0 aliphatic heterocycles. The number of urea groups is 1. The van der Waals surface area contributed by atoms with E-state index in [2.05, 4.69) is 21.2 Å². The van der Waals surface area contributed by atoms with Crippen molar-refractivity contribution in [2.45, 2.75) is 13.0 Å². The number of hydrogen-bond donors (Lipinski definition) is 3. The summed E-state index contributed by atoms with van der Waals surface area (Å²) in [6.45, 7) is 1.57. The zero-order chi connectivity index (χ0) is 15.1. The van der Waals surface area contributed by atoms with Crippen molar-refractivity contribution in [3.8, 4) is 0 Å². The fourth-order valence-corrected chi connectivity index (χ4v) is 1.70. The van der Waals surface area contributed by atoms with E-state index >= 15 is 0 Å². The number of nitrogens with zero attached hydrogens (tertiary/aromatic N) is 1. The second-order valence-electron chi connectivity index (χ2n) is 4.21. The lowest BCUT2D eigenvalue weighted by atomic mass is 10.2. The maximum absolute atomic E-state index is 11.6. The van der Waals surface area contributed by atoms with Crippen molar-refractivity contribution < 1.29 is 14.8 Å². The maximum atomic E-state index is 11.6. The molecule has 3 amide bonds. The van der Waals surface area contributed by atoms with E-state index < -0.39 is 12.1 Å². The molecule has 0 heterocycles. The molecule has 7 heteroatoms. The largest absolute Gasteiger partial charge is 0.350 e. The Hall–Kier alpha value is -1.86. The Balaban J connectivity index is 2.46. The Bertz CT molecular complexity index is 502. The Kier molecular flexibility index (Phi) is 6.20. The second-order valence-corrected chi connectivity index (χ2v) is 5.13. The zero-order valence-electron chi connectivity index (χ0n) is 10.9. The van der Waals surface area contributed by atoms with Gasteiger partial charge in [0.1, 0.15) is 0 Å². The molecule has 4 N–H and O–H groups in total. The minimum Gasteiger partial charge on any atom is -0.350 e. The van der Waals surface area contributed by atoms with Crippen LogP contribution in [0.25, 0.3) is 6.08 Å². The summed E-state index contributed by atoms with van der Waals surface area (Å²) in [6.07, 6.45) is 3.05. The second kappa shape index (κ2) is 7.66. The van der Waals surface area contributed by atoms with Crippen LogP contribution >= 0.6 is 15.9 Å². The number of halogens is 1. The molecular formula is C13H16BrN3O3. The molecule has 1 atom stereocenters. The van der Waals surface area contributed by atoms with Crippen molar-refractivity contribution in [3.05, 3.63) is 40.4 Å². The number of nitrogens with one attached hydrogen (secondary N) is 1. The van der Waals surface area contributed by atoms with E-state index in [1.165, 1.54) is 6.08 Å². The summed E-state index contributed by atoms with van der Waals surface area (Å²) in [4.78, 5) is 22.2. The average molecular weight is 342 g/mol. The topological polar surface area (TPSA) is 95.7 Å². The van der Waals surface area contributed by atoms with Crippen molar-refractivity contribution in [2.75, 3.05) is 6.54 Å². The molecule has 0 fully saturated rings. The number of benzene rings is 1. The van der Waals surface area contributed by atoms with Crippen LogP contribution in [0, 0.1) is 0 Å². The lowest BCUT2D eigenvalue weighted by Gasteiger charge is -2.18. The van der Waals surface area contributed by atoms with E-state index in [1.807, 2.05) is 24.3 Å². The molecule has 0 aliphatic carbocycles. The van der Waals surface area contributed by atoms with E-state index in [4.69, 9.17) is 10.9 Å². The van der Waals surface area contributed by atoms with Gasteiger partial charge in [0.05, 0.1) is 6.54 Å². The quantitative estimate of drug-likeness (QED) is 0.432. The number of rotatable bonds is 5. The highest BCUT2D eigenvalue weighted by Crippen LogP contribution is 2.11. The van der Waals surface area contributed by atoms with E-state index in [9.17, 15) is 9.59 Å². The number of hydroxylamine groups is 2. The van der Waals surface area contributed by atoms with Gasteiger partial charge in [0, 0.05) is 16.6 Å². The van der Waals surface area contributed by atoms with Gasteiger partial charge < -0.3 is 11.1 Å². The summed E-state index contributed by atoms with van der Waals surface area (Å²) in [7, 11) is 0. The maximum Gasteiger partial charge on any atom is 0.338 e. The monoisotopic (exact) mass is 341 g/mol. The van der Waals surface area contributed by atoms with Crippen LogP contribution in [0.3, 0.4) is 0 Å². The summed E-state index contributed by atoms with van der Waals surface area (Å²) < 4.78 is 0.960. The van der Waals surface area contributed by atoms with Gasteiger partial charge in [0.2, 0.25) is 5.91 Å². The smallest absolute Gasteiger partial charge is 0.338 e. The van der Waals surface area contributed by atoms with Crippen molar-refractivity contribution in [3.63, 3.8) is 0 Å². The third-order valence-electron chi connectivity index (χ3n) is 2.39. The van der Waals surface area contributed by atoms with Crippen LogP contribution in [0.2, 0.25) is 0 Å². The van der Waals surface area contributed by atoms with Crippen molar-refractivity contribution >= 4 is 33.9 Å². The van der Waals surface area contributed by atoms with Crippen LogP contribution in [0.4, 0.5) is 4.79 Å². The van der Waals surface area contributed by atoms with Crippen molar-refractivity contribution in [1.82, 2.24) is 10.4 Å². The first-order chi connectivity index (χ1) is 9.38. The Morgan fingerprint density at radius 2 is 2.05 bits per heavy atom. The van der Waals surface area contributed by atoms with Crippen LogP contribution in [0.1, 0.15) is 12.5 Å².